The van der Waals surface area contributed by atoms with Gasteiger partial charge in [0.25, 0.3) is 0 Å². The molecule has 1 heterocycles. The molecule has 5 nitrogen and oxygen atoms in total. The molecule has 1 unspecified atom stereocenters. The number of rotatable bonds is 8. The van der Waals surface area contributed by atoms with E-state index in [-0.39, 0.29) is 11.2 Å². The van der Waals surface area contributed by atoms with Crippen LogP contribution in [0.3, 0.4) is 0 Å². The minimum Gasteiger partial charge on any atom is -0.462 e. The highest BCUT2D eigenvalue weighted by atomic mass is 32.2. The van der Waals surface area contributed by atoms with Crippen LogP contribution in [0.4, 0.5) is 5.13 Å². The van der Waals surface area contributed by atoms with Gasteiger partial charge in [-0.15, -0.1) is 11.8 Å². The summed E-state index contributed by atoms with van der Waals surface area (Å²) in [7, 11) is 0. The Kier molecular flexibility index (Phi) is 7.65. The second kappa shape index (κ2) is 10.4. The van der Waals surface area contributed by atoms with Crippen LogP contribution in [0.25, 0.3) is 0 Å². The predicted molar refractivity (Wildman–Crippen MR) is 122 cm³/mol. The summed E-state index contributed by atoms with van der Waals surface area (Å²) in [5.74, 6) is -0.463. The van der Waals surface area contributed by atoms with E-state index in [1.54, 1.807) is 18.7 Å². The molecule has 0 aliphatic rings. The molecule has 7 heteroatoms. The number of aromatic nitrogens is 1. The van der Waals surface area contributed by atoms with Gasteiger partial charge in [0.05, 0.1) is 24.1 Å². The van der Waals surface area contributed by atoms with Crippen molar-refractivity contribution in [1.29, 1.82) is 0 Å². The fraction of sp³-hybridized carbons (Fsp3) is 0.261. The van der Waals surface area contributed by atoms with Gasteiger partial charge < -0.3 is 4.74 Å². The van der Waals surface area contributed by atoms with Crippen molar-refractivity contribution >= 4 is 40.1 Å². The number of anilines is 1. The molecule has 30 heavy (non-hydrogen) atoms. The molecule has 0 fully saturated rings. The third kappa shape index (κ3) is 5.49. The number of ether oxygens (including phenoxy) is 1. The van der Waals surface area contributed by atoms with Crippen molar-refractivity contribution in [1.82, 2.24) is 4.98 Å². The minimum absolute atomic E-state index is 0.0585. The maximum atomic E-state index is 13.4. The first-order valence-corrected chi connectivity index (χ1v) is 11.4. The Morgan fingerprint density at radius 1 is 1.10 bits per heavy atom. The summed E-state index contributed by atoms with van der Waals surface area (Å²) in [6, 6.07) is 19.6. The van der Waals surface area contributed by atoms with E-state index in [0.717, 1.165) is 10.5 Å². The highest BCUT2D eigenvalue weighted by Crippen LogP contribution is 2.31. The lowest BCUT2D eigenvalue weighted by Gasteiger charge is -2.23. The zero-order valence-electron chi connectivity index (χ0n) is 17.2. The number of aryl methyl sites for hydroxylation is 1. The lowest BCUT2D eigenvalue weighted by molar-refractivity contribution is -0.118. The second-order valence-corrected chi connectivity index (χ2v) is 9.01. The molecule has 0 bridgehead atoms. The summed E-state index contributed by atoms with van der Waals surface area (Å²) in [4.78, 5) is 33.3. The van der Waals surface area contributed by atoms with Crippen LogP contribution >= 0.6 is 23.1 Å². The zero-order valence-corrected chi connectivity index (χ0v) is 18.8. The summed E-state index contributed by atoms with van der Waals surface area (Å²) in [5.41, 5.74) is 1.57. The molecule has 0 radical (unpaired) electrons. The van der Waals surface area contributed by atoms with E-state index in [1.807, 2.05) is 67.6 Å². The highest BCUT2D eigenvalue weighted by molar-refractivity contribution is 8.00. The quantitative estimate of drug-likeness (QED) is 0.349. The Bertz CT molecular complexity index is 990. The van der Waals surface area contributed by atoms with E-state index in [1.165, 1.54) is 23.1 Å². The van der Waals surface area contributed by atoms with Crippen molar-refractivity contribution in [3.63, 3.8) is 0 Å². The van der Waals surface area contributed by atoms with Crippen LogP contribution in [0.15, 0.2) is 65.6 Å². The second-order valence-electron chi connectivity index (χ2n) is 6.61. The molecule has 0 N–H and O–H groups in total. The van der Waals surface area contributed by atoms with Crippen LogP contribution in [0.2, 0.25) is 0 Å². The smallest absolute Gasteiger partial charge is 0.350 e. The van der Waals surface area contributed by atoms with E-state index in [9.17, 15) is 9.59 Å². The number of carbonyl (C=O) groups is 2. The zero-order chi connectivity index (χ0) is 21.5. The number of carbonyl (C=O) groups excluding carboxylic acids is 2. The molecule has 0 aliphatic heterocycles. The fourth-order valence-corrected chi connectivity index (χ4v) is 4.78. The summed E-state index contributed by atoms with van der Waals surface area (Å²) in [6.45, 7) is 6.10. The number of nitrogens with zero attached hydrogens (tertiary/aromatic N) is 2. The molecule has 3 aromatic rings. The van der Waals surface area contributed by atoms with Gasteiger partial charge in [-0.1, -0.05) is 59.9 Å². The first kappa shape index (κ1) is 22.1. The van der Waals surface area contributed by atoms with Crippen LogP contribution in [-0.4, -0.2) is 28.7 Å². The molecule has 1 aromatic heterocycles. The third-order valence-corrected chi connectivity index (χ3v) is 6.59. The standard InChI is InChI=1S/C23H24N2O3S2/c1-4-28-22(27)20-16(2)24-23(30-20)25(15-18-11-7-5-8-12-18)21(26)17(3)29-19-13-9-6-10-14-19/h5-14,17H,4,15H2,1-3H3. The van der Waals surface area contributed by atoms with Crippen LogP contribution in [-0.2, 0) is 16.1 Å². The molecule has 2 aromatic carbocycles. The maximum absolute atomic E-state index is 13.4. The van der Waals surface area contributed by atoms with Crippen molar-refractivity contribution < 1.29 is 14.3 Å². The van der Waals surface area contributed by atoms with E-state index in [0.29, 0.717) is 28.9 Å². The number of benzene rings is 2. The van der Waals surface area contributed by atoms with Crippen LogP contribution in [0.1, 0.15) is 34.8 Å². The van der Waals surface area contributed by atoms with Gasteiger partial charge >= 0.3 is 5.97 Å². The molecule has 3 rings (SSSR count). The molecule has 0 saturated carbocycles. The molecule has 1 amide bonds. The Morgan fingerprint density at radius 3 is 2.37 bits per heavy atom. The van der Waals surface area contributed by atoms with Crippen molar-refractivity contribution in [2.45, 2.75) is 37.5 Å². The summed E-state index contributed by atoms with van der Waals surface area (Å²) >= 11 is 2.70. The number of thiazole rings is 1. The number of thioether (sulfide) groups is 1. The van der Waals surface area contributed by atoms with Crippen molar-refractivity contribution in [3.05, 3.63) is 76.8 Å². The molecule has 1 atom stereocenters. The van der Waals surface area contributed by atoms with Gasteiger partial charge in [-0.3, -0.25) is 9.69 Å². The lowest BCUT2D eigenvalue weighted by atomic mass is 10.2. The summed E-state index contributed by atoms with van der Waals surface area (Å²) < 4.78 is 5.13. The number of amides is 1. The van der Waals surface area contributed by atoms with E-state index in [4.69, 9.17) is 4.74 Å². The Balaban J connectivity index is 1.89. The van der Waals surface area contributed by atoms with Gasteiger partial charge in [0.1, 0.15) is 4.88 Å². The van der Waals surface area contributed by atoms with E-state index < -0.39 is 5.97 Å². The first-order valence-electron chi connectivity index (χ1n) is 9.71. The van der Waals surface area contributed by atoms with E-state index >= 15 is 0 Å². The van der Waals surface area contributed by atoms with Crippen molar-refractivity contribution in [2.24, 2.45) is 0 Å². The van der Waals surface area contributed by atoms with Crippen LogP contribution in [0, 0.1) is 6.92 Å². The predicted octanol–water partition coefficient (Wildman–Crippen LogP) is 5.34. The van der Waals surface area contributed by atoms with Gasteiger partial charge in [0.15, 0.2) is 5.13 Å². The topological polar surface area (TPSA) is 59.5 Å². The minimum atomic E-state index is -0.405. The molecule has 0 saturated heterocycles. The van der Waals surface area contributed by atoms with Gasteiger partial charge in [0, 0.05) is 4.90 Å². The van der Waals surface area contributed by atoms with Crippen molar-refractivity contribution in [3.8, 4) is 0 Å². The SMILES string of the molecule is CCOC(=O)c1sc(N(Cc2ccccc2)C(=O)C(C)Sc2ccccc2)nc1C. The first-order chi connectivity index (χ1) is 14.5. The fourth-order valence-electron chi connectivity index (χ4n) is 2.86. The Morgan fingerprint density at radius 2 is 1.73 bits per heavy atom. The van der Waals surface area contributed by atoms with Gasteiger partial charge in [-0.05, 0) is 38.5 Å². The van der Waals surface area contributed by atoms with Crippen LogP contribution < -0.4 is 4.90 Å². The lowest BCUT2D eigenvalue weighted by Crippen LogP contribution is -2.36. The number of esters is 1. The monoisotopic (exact) mass is 440 g/mol. The molecule has 0 aliphatic carbocycles. The van der Waals surface area contributed by atoms with Crippen LogP contribution in [0.5, 0.6) is 0 Å². The third-order valence-electron chi connectivity index (χ3n) is 4.33. The van der Waals surface area contributed by atoms with Gasteiger partial charge in [-0.2, -0.15) is 0 Å². The largest absolute Gasteiger partial charge is 0.462 e. The van der Waals surface area contributed by atoms with E-state index in [2.05, 4.69) is 4.98 Å². The summed E-state index contributed by atoms with van der Waals surface area (Å²) in [6.07, 6.45) is 0. The Labute approximate surface area is 185 Å². The average molecular weight is 441 g/mol. The average Bonchev–Trinajstić information content (AvgIpc) is 3.14. The molecule has 156 valence electrons. The maximum Gasteiger partial charge on any atom is 0.350 e. The van der Waals surface area contributed by atoms with Crippen molar-refractivity contribution in [2.75, 3.05) is 11.5 Å². The molecule has 0 spiro atoms. The number of hydrogen-bond acceptors (Lipinski definition) is 6. The molecular weight excluding hydrogens is 416 g/mol. The van der Waals surface area contributed by atoms with Gasteiger partial charge in [0.2, 0.25) is 5.91 Å². The Hall–Kier alpha value is -2.64. The highest BCUT2D eigenvalue weighted by Gasteiger charge is 2.27. The number of hydrogen-bond donors (Lipinski definition) is 0. The van der Waals surface area contributed by atoms with Gasteiger partial charge in [-0.25, -0.2) is 9.78 Å². The summed E-state index contributed by atoms with van der Waals surface area (Å²) in [5, 5.41) is 0.191. The normalized spacial score (nSPS) is 11.7. The molecular formula is C23H24N2O3S2.